The number of rotatable bonds is 2. The molecule has 17 heavy (non-hydrogen) atoms. The SMILES string of the molecule is O=C(O)c1cc(=O)c2ccnc(C3CC3)c2[nH]1. The molecule has 2 heterocycles. The summed E-state index contributed by atoms with van der Waals surface area (Å²) in [5.74, 6) is -0.770. The zero-order chi connectivity index (χ0) is 12.0. The molecule has 5 nitrogen and oxygen atoms in total. The molecule has 1 aliphatic rings. The first-order chi connectivity index (χ1) is 8.16. The maximum atomic E-state index is 11.8. The van der Waals surface area contributed by atoms with E-state index in [1.165, 1.54) is 0 Å². The third-order valence-electron chi connectivity index (χ3n) is 2.98. The number of aromatic carboxylic acids is 1. The minimum atomic E-state index is -1.13. The van der Waals surface area contributed by atoms with E-state index in [2.05, 4.69) is 9.97 Å². The van der Waals surface area contributed by atoms with Gasteiger partial charge < -0.3 is 10.1 Å². The minimum absolute atomic E-state index is 0.0857. The molecule has 5 heteroatoms. The maximum absolute atomic E-state index is 11.8. The van der Waals surface area contributed by atoms with Gasteiger partial charge in [0.05, 0.1) is 11.2 Å². The van der Waals surface area contributed by atoms with Crippen LogP contribution in [0.2, 0.25) is 0 Å². The highest BCUT2D eigenvalue weighted by Gasteiger charge is 2.27. The van der Waals surface area contributed by atoms with Crippen molar-refractivity contribution in [3.8, 4) is 0 Å². The summed E-state index contributed by atoms with van der Waals surface area (Å²) >= 11 is 0. The van der Waals surface area contributed by atoms with E-state index in [9.17, 15) is 9.59 Å². The Hall–Kier alpha value is -2.17. The molecule has 86 valence electrons. The smallest absolute Gasteiger partial charge is 0.352 e. The van der Waals surface area contributed by atoms with E-state index < -0.39 is 5.97 Å². The molecule has 1 fully saturated rings. The van der Waals surface area contributed by atoms with E-state index in [0.717, 1.165) is 24.6 Å². The molecule has 1 aliphatic carbocycles. The molecule has 3 rings (SSSR count). The molecule has 0 unspecified atom stereocenters. The van der Waals surface area contributed by atoms with Crippen molar-refractivity contribution in [2.24, 2.45) is 0 Å². The Morgan fingerprint density at radius 2 is 2.24 bits per heavy atom. The minimum Gasteiger partial charge on any atom is -0.477 e. The summed E-state index contributed by atoms with van der Waals surface area (Å²) in [4.78, 5) is 29.7. The molecule has 0 bridgehead atoms. The average molecular weight is 230 g/mol. The lowest BCUT2D eigenvalue weighted by molar-refractivity contribution is 0.0691. The molecule has 2 N–H and O–H groups in total. The van der Waals surface area contributed by atoms with Gasteiger partial charge in [0, 0.05) is 23.6 Å². The molecular formula is C12H10N2O3. The lowest BCUT2D eigenvalue weighted by Gasteiger charge is -2.05. The molecule has 0 radical (unpaired) electrons. The van der Waals surface area contributed by atoms with Gasteiger partial charge in [0.2, 0.25) is 0 Å². The number of fused-ring (bicyclic) bond motifs is 1. The summed E-state index contributed by atoms with van der Waals surface area (Å²) in [7, 11) is 0. The molecule has 0 spiro atoms. The van der Waals surface area contributed by atoms with E-state index in [-0.39, 0.29) is 11.1 Å². The van der Waals surface area contributed by atoms with Crippen LogP contribution in [0.3, 0.4) is 0 Å². The average Bonchev–Trinajstić information content (AvgIpc) is 3.12. The second-order valence-electron chi connectivity index (χ2n) is 4.25. The monoisotopic (exact) mass is 230 g/mol. The fourth-order valence-electron chi connectivity index (χ4n) is 1.98. The molecule has 1 saturated carbocycles. The van der Waals surface area contributed by atoms with Gasteiger partial charge in [0.15, 0.2) is 5.43 Å². The summed E-state index contributed by atoms with van der Waals surface area (Å²) in [5.41, 5.74) is 1.01. The third kappa shape index (κ3) is 1.60. The van der Waals surface area contributed by atoms with Crippen LogP contribution in [0.1, 0.15) is 34.9 Å². The molecule has 0 aromatic carbocycles. The fraction of sp³-hybridized carbons (Fsp3) is 0.250. The second kappa shape index (κ2) is 3.41. The molecule has 0 saturated heterocycles. The Balaban J connectivity index is 2.37. The summed E-state index contributed by atoms with van der Waals surface area (Å²) < 4.78 is 0. The normalized spacial score (nSPS) is 15.1. The van der Waals surface area contributed by atoms with Crippen LogP contribution in [0.4, 0.5) is 0 Å². The molecule has 0 aliphatic heterocycles. The van der Waals surface area contributed by atoms with Crippen LogP contribution in [-0.2, 0) is 0 Å². The standard InChI is InChI=1S/C12H10N2O3/c15-9-5-8(12(16)17)14-11-7(9)3-4-13-10(11)6-1-2-6/h3-6H,1-2H2,(H,14,15)(H,16,17). The summed E-state index contributed by atoms with van der Waals surface area (Å²) in [6.07, 6.45) is 3.70. The lowest BCUT2D eigenvalue weighted by atomic mass is 10.1. The van der Waals surface area contributed by atoms with Gasteiger partial charge in [-0.3, -0.25) is 9.78 Å². The number of hydrogen-bond acceptors (Lipinski definition) is 3. The number of carboxylic acid groups (broad SMARTS) is 1. The van der Waals surface area contributed by atoms with E-state index in [1.54, 1.807) is 12.3 Å². The highest BCUT2D eigenvalue weighted by atomic mass is 16.4. The Kier molecular flexibility index (Phi) is 2.01. The van der Waals surface area contributed by atoms with Gasteiger partial charge in [0.1, 0.15) is 5.69 Å². The number of carboxylic acids is 1. The molecule has 0 atom stereocenters. The van der Waals surface area contributed by atoms with Crippen LogP contribution in [0, 0.1) is 0 Å². The Labute approximate surface area is 96.1 Å². The first kappa shape index (κ1) is 10.0. The predicted octanol–water partition coefficient (Wildman–Crippen LogP) is 1.50. The fourth-order valence-corrected chi connectivity index (χ4v) is 1.98. The van der Waals surface area contributed by atoms with Crippen LogP contribution in [0.5, 0.6) is 0 Å². The number of H-pyrrole nitrogens is 1. The molecule has 2 aromatic heterocycles. The largest absolute Gasteiger partial charge is 0.477 e. The van der Waals surface area contributed by atoms with E-state index >= 15 is 0 Å². The van der Waals surface area contributed by atoms with Crippen molar-refractivity contribution < 1.29 is 9.90 Å². The number of aromatic nitrogens is 2. The summed E-state index contributed by atoms with van der Waals surface area (Å²) in [5, 5.41) is 9.43. The van der Waals surface area contributed by atoms with Gasteiger partial charge in [-0.25, -0.2) is 4.79 Å². The number of nitrogens with one attached hydrogen (secondary N) is 1. The lowest BCUT2D eigenvalue weighted by Crippen LogP contribution is -2.11. The van der Waals surface area contributed by atoms with Crippen LogP contribution < -0.4 is 5.43 Å². The zero-order valence-electron chi connectivity index (χ0n) is 8.93. The highest BCUT2D eigenvalue weighted by Crippen LogP contribution is 2.40. The van der Waals surface area contributed by atoms with Crippen molar-refractivity contribution in [2.45, 2.75) is 18.8 Å². The van der Waals surface area contributed by atoms with Crippen molar-refractivity contribution in [1.82, 2.24) is 9.97 Å². The third-order valence-corrected chi connectivity index (χ3v) is 2.98. The van der Waals surface area contributed by atoms with E-state index in [0.29, 0.717) is 16.8 Å². The first-order valence-electron chi connectivity index (χ1n) is 5.42. The van der Waals surface area contributed by atoms with Crippen molar-refractivity contribution in [2.75, 3.05) is 0 Å². The number of aromatic amines is 1. The number of hydrogen-bond donors (Lipinski definition) is 2. The van der Waals surface area contributed by atoms with Gasteiger partial charge in [-0.05, 0) is 18.9 Å². The number of carbonyl (C=O) groups is 1. The summed E-state index contributed by atoms with van der Waals surface area (Å²) in [6.45, 7) is 0. The summed E-state index contributed by atoms with van der Waals surface area (Å²) in [6, 6.07) is 2.73. The molecule has 2 aromatic rings. The van der Waals surface area contributed by atoms with Crippen LogP contribution in [-0.4, -0.2) is 21.0 Å². The molecular weight excluding hydrogens is 220 g/mol. The quantitative estimate of drug-likeness (QED) is 0.818. The predicted molar refractivity (Wildman–Crippen MR) is 61.3 cm³/mol. The second-order valence-corrected chi connectivity index (χ2v) is 4.25. The Morgan fingerprint density at radius 1 is 1.47 bits per heavy atom. The Bertz CT molecular complexity index is 671. The van der Waals surface area contributed by atoms with Gasteiger partial charge in [-0.1, -0.05) is 0 Å². The van der Waals surface area contributed by atoms with E-state index in [1.807, 2.05) is 0 Å². The topological polar surface area (TPSA) is 83.0 Å². The van der Waals surface area contributed by atoms with Crippen LogP contribution in [0.15, 0.2) is 23.1 Å². The van der Waals surface area contributed by atoms with Gasteiger partial charge >= 0.3 is 5.97 Å². The Morgan fingerprint density at radius 3 is 2.88 bits per heavy atom. The zero-order valence-corrected chi connectivity index (χ0v) is 8.93. The van der Waals surface area contributed by atoms with E-state index in [4.69, 9.17) is 5.11 Å². The van der Waals surface area contributed by atoms with Crippen molar-refractivity contribution in [3.63, 3.8) is 0 Å². The van der Waals surface area contributed by atoms with Crippen molar-refractivity contribution >= 4 is 16.9 Å². The van der Waals surface area contributed by atoms with Gasteiger partial charge in [-0.15, -0.1) is 0 Å². The van der Waals surface area contributed by atoms with Gasteiger partial charge in [-0.2, -0.15) is 0 Å². The van der Waals surface area contributed by atoms with Crippen LogP contribution >= 0.6 is 0 Å². The highest BCUT2D eigenvalue weighted by molar-refractivity contribution is 5.90. The maximum Gasteiger partial charge on any atom is 0.352 e. The first-order valence-corrected chi connectivity index (χ1v) is 5.42. The number of nitrogens with zero attached hydrogens (tertiary/aromatic N) is 1. The van der Waals surface area contributed by atoms with Crippen molar-refractivity contribution in [3.05, 3.63) is 39.9 Å². The van der Waals surface area contributed by atoms with Crippen molar-refractivity contribution in [1.29, 1.82) is 0 Å². The molecule has 0 amide bonds. The van der Waals surface area contributed by atoms with Crippen LogP contribution in [0.25, 0.3) is 10.9 Å². The van der Waals surface area contributed by atoms with Gasteiger partial charge in [0.25, 0.3) is 0 Å². The number of pyridine rings is 2.